The molecule has 1 heterocycles. The zero-order chi connectivity index (χ0) is 22.2. The molecule has 5 heteroatoms. The largest absolute Gasteiger partial charge is 0.457 e. The van der Waals surface area contributed by atoms with Crippen molar-refractivity contribution in [2.24, 2.45) is 0 Å². The highest BCUT2D eigenvalue weighted by Gasteiger charge is 2.11. The first kappa shape index (κ1) is 21.7. The highest BCUT2D eigenvalue weighted by atomic mass is 32.2. The van der Waals surface area contributed by atoms with Crippen molar-refractivity contribution in [1.82, 2.24) is 4.98 Å². The smallest absolute Gasteiger partial charge is 0.228 e. The fourth-order valence-corrected chi connectivity index (χ4v) is 3.99. The summed E-state index contributed by atoms with van der Waals surface area (Å²) in [5.41, 5.74) is 3.60. The third-order valence-electron chi connectivity index (χ3n) is 4.83. The summed E-state index contributed by atoms with van der Waals surface area (Å²) in [6, 6.07) is 27.3. The second kappa shape index (κ2) is 10.6. The van der Waals surface area contributed by atoms with Gasteiger partial charge in [0.2, 0.25) is 5.91 Å². The molecule has 0 aliphatic heterocycles. The number of pyridine rings is 1. The number of anilines is 1. The second-order valence-corrected chi connectivity index (χ2v) is 8.50. The fourth-order valence-electron chi connectivity index (χ4n) is 3.33. The lowest BCUT2D eigenvalue weighted by atomic mass is 10.1. The van der Waals surface area contributed by atoms with E-state index in [0.717, 1.165) is 28.2 Å². The Morgan fingerprint density at radius 1 is 0.938 bits per heavy atom. The number of benzene rings is 3. The monoisotopic (exact) mass is 440 g/mol. The Hall–Kier alpha value is -3.57. The van der Waals surface area contributed by atoms with Gasteiger partial charge in [0.05, 0.1) is 6.42 Å². The molecule has 32 heavy (non-hydrogen) atoms. The number of para-hydroxylation sites is 1. The maximum Gasteiger partial charge on any atom is 0.228 e. The molecule has 0 saturated carbocycles. The standard InChI is InChI=1S/C27H24N2O2S/c1-2-32-24-11-8-20(9-12-24)18-27(30)29-22-10-13-25(21-14-16-28-17-15-21)26(19-22)31-23-6-4-3-5-7-23/h3-17,19H,2,18H2,1H3,(H,29,30). The van der Waals surface area contributed by atoms with Crippen LogP contribution >= 0.6 is 11.8 Å². The van der Waals surface area contributed by atoms with Crippen molar-refractivity contribution in [1.29, 1.82) is 0 Å². The van der Waals surface area contributed by atoms with Crippen LogP contribution in [-0.2, 0) is 11.2 Å². The molecule has 4 rings (SSSR count). The molecule has 0 spiro atoms. The topological polar surface area (TPSA) is 51.2 Å². The molecule has 4 aromatic rings. The Morgan fingerprint density at radius 3 is 2.41 bits per heavy atom. The van der Waals surface area contributed by atoms with Crippen molar-refractivity contribution in [3.05, 3.63) is 103 Å². The Kier molecular flexibility index (Phi) is 7.20. The van der Waals surface area contributed by atoms with Gasteiger partial charge in [-0.3, -0.25) is 9.78 Å². The molecular weight excluding hydrogens is 416 g/mol. The van der Waals surface area contributed by atoms with E-state index in [1.165, 1.54) is 4.90 Å². The van der Waals surface area contributed by atoms with Gasteiger partial charge in [-0.15, -0.1) is 11.8 Å². The summed E-state index contributed by atoms with van der Waals surface area (Å²) < 4.78 is 6.17. The van der Waals surface area contributed by atoms with E-state index in [-0.39, 0.29) is 5.91 Å². The van der Waals surface area contributed by atoms with Crippen LogP contribution < -0.4 is 10.1 Å². The lowest BCUT2D eigenvalue weighted by Gasteiger charge is -2.14. The van der Waals surface area contributed by atoms with Crippen molar-refractivity contribution >= 4 is 23.4 Å². The number of nitrogens with zero attached hydrogens (tertiary/aromatic N) is 1. The first-order valence-electron chi connectivity index (χ1n) is 10.5. The van der Waals surface area contributed by atoms with Crippen molar-refractivity contribution in [2.75, 3.05) is 11.1 Å². The summed E-state index contributed by atoms with van der Waals surface area (Å²) in [6.07, 6.45) is 3.82. The molecule has 1 amide bonds. The Bertz CT molecular complexity index is 1160. The van der Waals surface area contributed by atoms with Gasteiger partial charge in [0, 0.05) is 34.6 Å². The number of thioether (sulfide) groups is 1. The van der Waals surface area contributed by atoms with E-state index in [0.29, 0.717) is 17.9 Å². The van der Waals surface area contributed by atoms with E-state index in [1.54, 1.807) is 24.2 Å². The van der Waals surface area contributed by atoms with E-state index < -0.39 is 0 Å². The van der Waals surface area contributed by atoms with E-state index >= 15 is 0 Å². The van der Waals surface area contributed by atoms with Gasteiger partial charge >= 0.3 is 0 Å². The molecule has 0 radical (unpaired) electrons. The van der Waals surface area contributed by atoms with Crippen molar-refractivity contribution in [3.8, 4) is 22.6 Å². The number of aromatic nitrogens is 1. The highest BCUT2D eigenvalue weighted by Crippen LogP contribution is 2.35. The molecule has 3 aromatic carbocycles. The zero-order valence-corrected chi connectivity index (χ0v) is 18.6. The van der Waals surface area contributed by atoms with E-state index in [1.807, 2.05) is 72.8 Å². The van der Waals surface area contributed by atoms with Crippen LogP contribution in [0.4, 0.5) is 5.69 Å². The molecule has 0 fully saturated rings. The normalized spacial score (nSPS) is 10.5. The van der Waals surface area contributed by atoms with Crippen LogP contribution in [0, 0.1) is 0 Å². The number of hydrogen-bond donors (Lipinski definition) is 1. The third-order valence-corrected chi connectivity index (χ3v) is 5.72. The molecule has 0 aliphatic carbocycles. The van der Waals surface area contributed by atoms with E-state index in [2.05, 4.69) is 29.4 Å². The molecule has 0 saturated heterocycles. The Balaban J connectivity index is 1.53. The number of carbonyl (C=O) groups excluding carboxylic acids is 1. The highest BCUT2D eigenvalue weighted by molar-refractivity contribution is 7.99. The summed E-state index contributed by atoms with van der Waals surface area (Å²) in [7, 11) is 0. The lowest BCUT2D eigenvalue weighted by molar-refractivity contribution is -0.115. The number of nitrogens with one attached hydrogen (secondary N) is 1. The average molecular weight is 441 g/mol. The first-order chi connectivity index (χ1) is 15.7. The molecule has 0 unspecified atom stereocenters. The van der Waals surface area contributed by atoms with Gasteiger partial charge < -0.3 is 10.1 Å². The SMILES string of the molecule is CCSc1ccc(CC(=O)Nc2ccc(-c3ccncc3)c(Oc3ccccc3)c2)cc1. The molecule has 1 N–H and O–H groups in total. The maximum atomic E-state index is 12.7. The Morgan fingerprint density at radius 2 is 1.69 bits per heavy atom. The number of amides is 1. The minimum Gasteiger partial charge on any atom is -0.457 e. The summed E-state index contributed by atoms with van der Waals surface area (Å²) in [5.74, 6) is 2.36. The summed E-state index contributed by atoms with van der Waals surface area (Å²) in [5, 5.41) is 3.00. The molecule has 0 bridgehead atoms. The number of ether oxygens (including phenoxy) is 1. The van der Waals surface area contributed by atoms with Gasteiger partial charge in [0.1, 0.15) is 11.5 Å². The van der Waals surface area contributed by atoms with Crippen LogP contribution in [0.15, 0.2) is 102 Å². The fraction of sp³-hybridized carbons (Fsp3) is 0.111. The predicted octanol–water partition coefficient (Wildman–Crippen LogP) is 6.83. The van der Waals surface area contributed by atoms with Gasteiger partial charge in [-0.25, -0.2) is 0 Å². The predicted molar refractivity (Wildman–Crippen MR) is 131 cm³/mol. The molecule has 0 aliphatic rings. The quantitative estimate of drug-likeness (QED) is 0.305. The van der Waals surface area contributed by atoms with Gasteiger partial charge in [0.15, 0.2) is 0 Å². The average Bonchev–Trinajstić information content (AvgIpc) is 2.82. The van der Waals surface area contributed by atoms with Gasteiger partial charge in [-0.1, -0.05) is 37.3 Å². The zero-order valence-electron chi connectivity index (χ0n) is 17.8. The summed E-state index contributed by atoms with van der Waals surface area (Å²) in [4.78, 5) is 18.0. The van der Waals surface area contributed by atoms with Crippen LogP contribution in [0.3, 0.4) is 0 Å². The Labute approximate surface area is 192 Å². The second-order valence-electron chi connectivity index (χ2n) is 7.16. The minimum absolute atomic E-state index is 0.0665. The summed E-state index contributed by atoms with van der Waals surface area (Å²) in [6.45, 7) is 2.13. The van der Waals surface area contributed by atoms with Crippen LogP contribution in [0.1, 0.15) is 12.5 Å². The van der Waals surface area contributed by atoms with Gasteiger partial charge in [-0.2, -0.15) is 0 Å². The molecule has 1 aromatic heterocycles. The first-order valence-corrected chi connectivity index (χ1v) is 11.5. The van der Waals surface area contributed by atoms with Crippen LogP contribution in [0.5, 0.6) is 11.5 Å². The molecule has 4 nitrogen and oxygen atoms in total. The van der Waals surface area contributed by atoms with E-state index in [4.69, 9.17) is 4.74 Å². The molecule has 0 atom stereocenters. The maximum absolute atomic E-state index is 12.7. The minimum atomic E-state index is -0.0665. The number of rotatable bonds is 8. The van der Waals surface area contributed by atoms with Gasteiger partial charge in [0.25, 0.3) is 0 Å². The van der Waals surface area contributed by atoms with Gasteiger partial charge in [-0.05, 0) is 65.4 Å². The van der Waals surface area contributed by atoms with Crippen LogP contribution in [-0.4, -0.2) is 16.6 Å². The summed E-state index contributed by atoms with van der Waals surface area (Å²) >= 11 is 1.79. The van der Waals surface area contributed by atoms with Crippen molar-refractivity contribution in [3.63, 3.8) is 0 Å². The number of carbonyl (C=O) groups is 1. The number of hydrogen-bond acceptors (Lipinski definition) is 4. The van der Waals surface area contributed by atoms with Crippen LogP contribution in [0.25, 0.3) is 11.1 Å². The van der Waals surface area contributed by atoms with Crippen LogP contribution in [0.2, 0.25) is 0 Å². The molecule has 160 valence electrons. The van der Waals surface area contributed by atoms with Crippen molar-refractivity contribution < 1.29 is 9.53 Å². The molecular formula is C27H24N2O2S. The van der Waals surface area contributed by atoms with Crippen molar-refractivity contribution in [2.45, 2.75) is 18.2 Å². The third kappa shape index (κ3) is 5.77. The van der Waals surface area contributed by atoms with E-state index in [9.17, 15) is 4.79 Å². The lowest BCUT2D eigenvalue weighted by Crippen LogP contribution is -2.14.